The van der Waals surface area contributed by atoms with Crippen molar-refractivity contribution in [1.82, 2.24) is 19.4 Å². The Hall–Kier alpha value is -4.00. The van der Waals surface area contributed by atoms with Gasteiger partial charge in [-0.15, -0.1) is 0 Å². The molecule has 0 fully saturated rings. The molecule has 5 rings (SSSR count). The van der Waals surface area contributed by atoms with Gasteiger partial charge in [0.2, 0.25) is 0 Å². The molecule has 27 heavy (non-hydrogen) atoms. The summed E-state index contributed by atoms with van der Waals surface area (Å²) >= 11 is 0. The van der Waals surface area contributed by atoms with Gasteiger partial charge >= 0.3 is 0 Å². The van der Waals surface area contributed by atoms with E-state index in [-0.39, 0.29) is 11.6 Å². The summed E-state index contributed by atoms with van der Waals surface area (Å²) < 4.78 is 7.49. The molecule has 0 aliphatic carbocycles. The highest BCUT2D eigenvalue weighted by atomic mass is 16.3. The van der Waals surface area contributed by atoms with E-state index in [1.165, 1.54) is 0 Å². The van der Waals surface area contributed by atoms with Gasteiger partial charge in [0.25, 0.3) is 0 Å². The number of rotatable bonds is 3. The molecule has 4 heterocycles. The van der Waals surface area contributed by atoms with E-state index < -0.39 is 0 Å². The maximum atomic E-state index is 11.0. The predicted octanol–water partition coefficient (Wildman–Crippen LogP) is 3.60. The van der Waals surface area contributed by atoms with Crippen LogP contribution in [0.4, 0.5) is 5.82 Å². The van der Waals surface area contributed by atoms with Crippen LogP contribution in [0, 0.1) is 0 Å². The van der Waals surface area contributed by atoms with Crippen molar-refractivity contribution in [2.75, 3.05) is 5.73 Å². The standard InChI is InChI=1S/C20H13N5O2/c21-19-20-23-8-9-25(20)18(17(24-19)16-6-4-14(11-26)27-16)13-3-5-15-12(10-13)2-1-7-22-15/h1-11H,(H2,21,24). The Morgan fingerprint density at radius 1 is 1.07 bits per heavy atom. The number of hydrogen-bond acceptors (Lipinski definition) is 6. The van der Waals surface area contributed by atoms with Crippen LogP contribution in [-0.4, -0.2) is 25.6 Å². The molecule has 0 saturated carbocycles. The molecule has 4 aromatic heterocycles. The van der Waals surface area contributed by atoms with Crippen molar-refractivity contribution in [3.8, 4) is 22.7 Å². The molecule has 7 heteroatoms. The number of pyridine rings is 1. The number of imidazole rings is 1. The monoisotopic (exact) mass is 355 g/mol. The number of fused-ring (bicyclic) bond motifs is 2. The first-order valence-corrected chi connectivity index (χ1v) is 8.27. The van der Waals surface area contributed by atoms with Gasteiger partial charge in [-0.3, -0.25) is 14.2 Å². The zero-order valence-corrected chi connectivity index (χ0v) is 14.0. The first kappa shape index (κ1) is 15.3. The van der Waals surface area contributed by atoms with Gasteiger partial charge < -0.3 is 10.2 Å². The van der Waals surface area contributed by atoms with E-state index in [4.69, 9.17) is 10.2 Å². The van der Waals surface area contributed by atoms with E-state index in [9.17, 15) is 4.79 Å². The van der Waals surface area contributed by atoms with Gasteiger partial charge in [-0.1, -0.05) is 12.1 Å². The minimum absolute atomic E-state index is 0.227. The number of carbonyl (C=O) groups excluding carboxylic acids is 1. The third-order valence-electron chi connectivity index (χ3n) is 4.42. The number of carbonyl (C=O) groups is 1. The van der Waals surface area contributed by atoms with Crippen molar-refractivity contribution >= 4 is 28.7 Å². The van der Waals surface area contributed by atoms with Gasteiger partial charge in [-0.05, 0) is 30.3 Å². The van der Waals surface area contributed by atoms with Gasteiger partial charge in [-0.25, -0.2) is 9.97 Å². The van der Waals surface area contributed by atoms with Crippen LogP contribution < -0.4 is 5.73 Å². The Morgan fingerprint density at radius 3 is 2.85 bits per heavy atom. The smallest absolute Gasteiger partial charge is 0.185 e. The Labute approximate surface area is 153 Å². The summed E-state index contributed by atoms with van der Waals surface area (Å²) in [7, 11) is 0. The number of furan rings is 1. The van der Waals surface area contributed by atoms with Gasteiger partial charge in [0.1, 0.15) is 5.69 Å². The normalized spacial score (nSPS) is 11.3. The lowest BCUT2D eigenvalue weighted by molar-refractivity contribution is 0.110. The molecule has 0 spiro atoms. The third-order valence-corrected chi connectivity index (χ3v) is 4.42. The van der Waals surface area contributed by atoms with Gasteiger partial charge in [0.15, 0.2) is 29.3 Å². The lowest BCUT2D eigenvalue weighted by atomic mass is 10.0. The summed E-state index contributed by atoms with van der Waals surface area (Å²) in [6.45, 7) is 0. The summed E-state index contributed by atoms with van der Waals surface area (Å²) in [5.41, 5.74) is 9.77. The molecule has 0 bridgehead atoms. The van der Waals surface area contributed by atoms with Crippen LogP contribution in [0.1, 0.15) is 10.6 Å². The fourth-order valence-corrected chi connectivity index (χ4v) is 3.22. The molecular formula is C20H13N5O2. The predicted molar refractivity (Wildman–Crippen MR) is 101 cm³/mol. The van der Waals surface area contributed by atoms with Crippen LogP contribution in [0.25, 0.3) is 39.3 Å². The minimum Gasteiger partial charge on any atom is -0.452 e. The van der Waals surface area contributed by atoms with Gasteiger partial charge in [-0.2, -0.15) is 0 Å². The van der Waals surface area contributed by atoms with Crippen LogP contribution in [0.2, 0.25) is 0 Å². The maximum absolute atomic E-state index is 11.0. The Kier molecular flexibility index (Phi) is 3.26. The fraction of sp³-hybridized carbons (Fsp3) is 0. The van der Waals surface area contributed by atoms with Crippen molar-refractivity contribution in [1.29, 1.82) is 0 Å². The Morgan fingerprint density at radius 2 is 2.00 bits per heavy atom. The van der Waals surface area contributed by atoms with E-state index in [1.807, 2.05) is 40.9 Å². The van der Waals surface area contributed by atoms with Crippen LogP contribution in [0.3, 0.4) is 0 Å². The van der Waals surface area contributed by atoms with E-state index >= 15 is 0 Å². The van der Waals surface area contributed by atoms with E-state index in [0.717, 1.165) is 22.2 Å². The molecule has 0 saturated heterocycles. The second-order valence-corrected chi connectivity index (χ2v) is 6.05. The van der Waals surface area contributed by atoms with Gasteiger partial charge in [0, 0.05) is 29.5 Å². The highest BCUT2D eigenvalue weighted by Gasteiger charge is 2.19. The third kappa shape index (κ3) is 2.36. The lowest BCUT2D eigenvalue weighted by Crippen LogP contribution is -2.03. The largest absolute Gasteiger partial charge is 0.452 e. The van der Waals surface area contributed by atoms with Crippen LogP contribution >= 0.6 is 0 Å². The minimum atomic E-state index is 0.227. The lowest BCUT2D eigenvalue weighted by Gasteiger charge is -2.12. The van der Waals surface area contributed by atoms with Crippen LogP contribution in [0.15, 0.2) is 65.5 Å². The first-order valence-electron chi connectivity index (χ1n) is 8.27. The molecule has 130 valence electrons. The summed E-state index contributed by atoms with van der Waals surface area (Å²) in [5, 5.41) is 0.999. The molecule has 0 unspecified atom stereocenters. The molecule has 0 radical (unpaired) electrons. The summed E-state index contributed by atoms with van der Waals surface area (Å²) in [4.78, 5) is 24.2. The molecule has 0 aliphatic heterocycles. The fourth-order valence-electron chi connectivity index (χ4n) is 3.22. The first-order chi connectivity index (χ1) is 13.2. The number of nitrogens with two attached hydrogens (primary N) is 1. The van der Waals surface area contributed by atoms with E-state index in [2.05, 4.69) is 15.0 Å². The second-order valence-electron chi connectivity index (χ2n) is 6.05. The Balaban J connectivity index is 1.85. The highest BCUT2D eigenvalue weighted by Crippen LogP contribution is 2.34. The molecule has 0 atom stereocenters. The number of nitrogens with zero attached hydrogens (tertiary/aromatic N) is 4. The SMILES string of the molecule is Nc1nc(-c2ccc(C=O)o2)c(-c2ccc3ncccc3c2)n2ccnc12. The zero-order valence-electron chi connectivity index (χ0n) is 14.0. The molecule has 2 N–H and O–H groups in total. The summed E-state index contributed by atoms with van der Waals surface area (Å²) in [6.07, 6.45) is 5.91. The molecule has 7 nitrogen and oxygen atoms in total. The number of aromatic nitrogens is 4. The average molecular weight is 355 g/mol. The zero-order chi connectivity index (χ0) is 18.4. The number of hydrogen-bond donors (Lipinski definition) is 1. The number of nitrogen functional groups attached to an aromatic ring is 1. The maximum Gasteiger partial charge on any atom is 0.185 e. The Bertz CT molecular complexity index is 1320. The topological polar surface area (TPSA) is 99.3 Å². The number of aldehydes is 1. The number of anilines is 1. The quantitative estimate of drug-likeness (QED) is 0.496. The van der Waals surface area contributed by atoms with Crippen LogP contribution in [0.5, 0.6) is 0 Å². The molecular weight excluding hydrogens is 342 g/mol. The van der Waals surface area contributed by atoms with E-state index in [1.54, 1.807) is 24.5 Å². The van der Waals surface area contributed by atoms with Crippen molar-refractivity contribution in [3.05, 3.63) is 66.8 Å². The second kappa shape index (κ2) is 5.77. The molecule has 5 aromatic rings. The van der Waals surface area contributed by atoms with Crippen LogP contribution in [-0.2, 0) is 0 Å². The summed E-state index contributed by atoms with van der Waals surface area (Å²) in [5.74, 6) is 0.968. The van der Waals surface area contributed by atoms with Crippen molar-refractivity contribution in [3.63, 3.8) is 0 Å². The number of benzene rings is 1. The van der Waals surface area contributed by atoms with Crippen molar-refractivity contribution in [2.24, 2.45) is 0 Å². The van der Waals surface area contributed by atoms with E-state index in [0.29, 0.717) is 23.4 Å². The molecule has 0 aliphatic rings. The highest BCUT2D eigenvalue weighted by molar-refractivity contribution is 5.88. The molecule has 0 amide bonds. The molecule has 1 aromatic carbocycles. The van der Waals surface area contributed by atoms with Gasteiger partial charge in [0.05, 0.1) is 11.2 Å². The van der Waals surface area contributed by atoms with Crippen molar-refractivity contribution in [2.45, 2.75) is 0 Å². The van der Waals surface area contributed by atoms with Crippen molar-refractivity contribution < 1.29 is 9.21 Å². The summed E-state index contributed by atoms with van der Waals surface area (Å²) in [6, 6.07) is 13.2. The average Bonchev–Trinajstić information content (AvgIpc) is 3.37.